The van der Waals surface area contributed by atoms with Gasteiger partial charge >= 0.3 is 5.69 Å². The second kappa shape index (κ2) is 4.61. The van der Waals surface area contributed by atoms with Gasteiger partial charge in [0.15, 0.2) is 5.88 Å². The van der Waals surface area contributed by atoms with Crippen LogP contribution in [0, 0.1) is 0 Å². The highest BCUT2D eigenvalue weighted by Crippen LogP contribution is 2.12. The lowest BCUT2D eigenvalue weighted by atomic mass is 10.2. The lowest BCUT2D eigenvalue weighted by molar-refractivity contribution is 0.389. The average Bonchev–Trinajstić information content (AvgIpc) is 2.16. The standard InChI is InChI=1S/C8H13N3O2/c1-13-7-6(3-2-4-9)5-10-8(12)11-7/h5H,2-4,9H2,1H3,(H,10,11,12). The number of nitrogens with two attached hydrogens (primary N) is 1. The summed E-state index contributed by atoms with van der Waals surface area (Å²) in [4.78, 5) is 16.9. The van der Waals surface area contributed by atoms with Crippen LogP contribution < -0.4 is 16.2 Å². The molecule has 0 aromatic carbocycles. The van der Waals surface area contributed by atoms with E-state index in [0.717, 1.165) is 18.4 Å². The number of rotatable bonds is 4. The van der Waals surface area contributed by atoms with Gasteiger partial charge in [0, 0.05) is 11.8 Å². The van der Waals surface area contributed by atoms with E-state index in [0.29, 0.717) is 12.4 Å². The van der Waals surface area contributed by atoms with Crippen LogP contribution in [0.4, 0.5) is 0 Å². The molecule has 72 valence electrons. The highest BCUT2D eigenvalue weighted by Gasteiger charge is 2.03. The van der Waals surface area contributed by atoms with Crippen LogP contribution in [0.2, 0.25) is 0 Å². The molecule has 0 aliphatic heterocycles. The number of aromatic nitrogens is 2. The Morgan fingerprint density at radius 1 is 1.69 bits per heavy atom. The van der Waals surface area contributed by atoms with E-state index in [4.69, 9.17) is 10.5 Å². The molecule has 5 nitrogen and oxygen atoms in total. The van der Waals surface area contributed by atoms with Gasteiger partial charge in [-0.25, -0.2) is 9.78 Å². The molecule has 0 spiro atoms. The van der Waals surface area contributed by atoms with Crippen LogP contribution in [0.1, 0.15) is 12.0 Å². The summed E-state index contributed by atoms with van der Waals surface area (Å²) in [6, 6.07) is 0. The van der Waals surface area contributed by atoms with Crippen molar-refractivity contribution in [2.45, 2.75) is 12.8 Å². The van der Waals surface area contributed by atoms with Crippen molar-refractivity contribution in [1.82, 2.24) is 9.97 Å². The third-order valence-electron chi connectivity index (χ3n) is 1.70. The summed E-state index contributed by atoms with van der Waals surface area (Å²) in [5.74, 6) is 0.480. The highest BCUT2D eigenvalue weighted by molar-refractivity contribution is 5.21. The number of methoxy groups -OCH3 is 1. The zero-order chi connectivity index (χ0) is 9.68. The van der Waals surface area contributed by atoms with Gasteiger partial charge in [-0.05, 0) is 19.4 Å². The number of ether oxygens (including phenoxy) is 1. The lowest BCUT2D eigenvalue weighted by Crippen LogP contribution is -2.13. The van der Waals surface area contributed by atoms with E-state index in [1.54, 1.807) is 0 Å². The molecule has 1 aromatic heterocycles. The fourth-order valence-corrected chi connectivity index (χ4v) is 1.06. The average molecular weight is 183 g/mol. The van der Waals surface area contributed by atoms with Crippen LogP contribution in [0.5, 0.6) is 5.88 Å². The zero-order valence-corrected chi connectivity index (χ0v) is 7.54. The van der Waals surface area contributed by atoms with Gasteiger partial charge in [0.05, 0.1) is 7.11 Å². The number of aromatic amines is 1. The molecule has 0 fully saturated rings. The third kappa shape index (κ3) is 2.55. The Labute approximate surface area is 75.9 Å². The summed E-state index contributed by atoms with van der Waals surface area (Å²) in [5.41, 5.74) is 5.85. The molecule has 13 heavy (non-hydrogen) atoms. The molecular weight excluding hydrogens is 170 g/mol. The second-order valence-electron chi connectivity index (χ2n) is 2.64. The van der Waals surface area contributed by atoms with Crippen molar-refractivity contribution in [2.24, 2.45) is 5.73 Å². The summed E-state index contributed by atoms with van der Waals surface area (Å²) in [7, 11) is 1.51. The topological polar surface area (TPSA) is 81.0 Å². The predicted octanol–water partition coefficient (Wildman–Crippen LogP) is -0.330. The van der Waals surface area contributed by atoms with Crippen LogP contribution >= 0.6 is 0 Å². The maximum absolute atomic E-state index is 10.8. The maximum atomic E-state index is 10.8. The summed E-state index contributed by atoms with van der Waals surface area (Å²) in [6.07, 6.45) is 3.14. The van der Waals surface area contributed by atoms with Gasteiger partial charge in [-0.1, -0.05) is 0 Å². The normalized spacial score (nSPS) is 10.0. The molecule has 0 bridgehead atoms. The molecule has 0 aliphatic rings. The Hall–Kier alpha value is -1.36. The Kier molecular flexibility index (Phi) is 3.45. The van der Waals surface area contributed by atoms with E-state index >= 15 is 0 Å². The van der Waals surface area contributed by atoms with E-state index < -0.39 is 5.69 Å². The van der Waals surface area contributed by atoms with E-state index in [1.807, 2.05) is 0 Å². The van der Waals surface area contributed by atoms with E-state index in [9.17, 15) is 4.79 Å². The van der Waals surface area contributed by atoms with Gasteiger partial charge in [0.1, 0.15) is 0 Å². The van der Waals surface area contributed by atoms with Crippen molar-refractivity contribution in [2.75, 3.05) is 13.7 Å². The molecule has 0 radical (unpaired) electrons. The Morgan fingerprint density at radius 2 is 2.46 bits per heavy atom. The first-order chi connectivity index (χ1) is 6.27. The van der Waals surface area contributed by atoms with E-state index in [1.165, 1.54) is 13.3 Å². The number of nitrogens with one attached hydrogen (secondary N) is 1. The van der Waals surface area contributed by atoms with Crippen molar-refractivity contribution in [3.05, 3.63) is 22.2 Å². The van der Waals surface area contributed by atoms with Crippen molar-refractivity contribution in [3.63, 3.8) is 0 Å². The fraction of sp³-hybridized carbons (Fsp3) is 0.500. The number of hydrogen-bond donors (Lipinski definition) is 2. The molecule has 1 rings (SSSR count). The van der Waals surface area contributed by atoms with Crippen molar-refractivity contribution >= 4 is 0 Å². The Balaban J connectivity index is 2.86. The molecule has 1 heterocycles. The van der Waals surface area contributed by atoms with Gasteiger partial charge in [0.2, 0.25) is 0 Å². The van der Waals surface area contributed by atoms with Gasteiger partial charge in [-0.3, -0.25) is 4.98 Å². The van der Waals surface area contributed by atoms with Gasteiger partial charge < -0.3 is 10.5 Å². The van der Waals surface area contributed by atoms with Crippen molar-refractivity contribution in [3.8, 4) is 5.88 Å². The maximum Gasteiger partial charge on any atom is 0.347 e. The van der Waals surface area contributed by atoms with Crippen LogP contribution in [-0.2, 0) is 6.42 Å². The van der Waals surface area contributed by atoms with E-state index in [2.05, 4.69) is 9.97 Å². The first-order valence-electron chi connectivity index (χ1n) is 4.10. The highest BCUT2D eigenvalue weighted by atomic mass is 16.5. The first-order valence-corrected chi connectivity index (χ1v) is 4.10. The molecule has 0 aliphatic carbocycles. The minimum atomic E-state index is -0.395. The third-order valence-corrected chi connectivity index (χ3v) is 1.70. The minimum Gasteiger partial charge on any atom is -0.482 e. The molecule has 0 amide bonds. The van der Waals surface area contributed by atoms with E-state index in [-0.39, 0.29) is 0 Å². The Morgan fingerprint density at radius 3 is 3.08 bits per heavy atom. The number of aryl methyl sites for hydroxylation is 1. The number of hydrogen-bond acceptors (Lipinski definition) is 4. The number of nitrogens with zero attached hydrogens (tertiary/aromatic N) is 1. The largest absolute Gasteiger partial charge is 0.482 e. The van der Waals surface area contributed by atoms with Crippen molar-refractivity contribution in [1.29, 1.82) is 0 Å². The number of H-pyrrole nitrogens is 1. The van der Waals surface area contributed by atoms with Gasteiger partial charge in [-0.2, -0.15) is 0 Å². The molecule has 3 N–H and O–H groups in total. The minimum absolute atomic E-state index is 0.395. The molecule has 0 unspecified atom stereocenters. The molecular formula is C8H13N3O2. The quantitative estimate of drug-likeness (QED) is 0.669. The molecule has 0 saturated carbocycles. The fourth-order valence-electron chi connectivity index (χ4n) is 1.06. The van der Waals surface area contributed by atoms with Crippen molar-refractivity contribution < 1.29 is 4.74 Å². The SMILES string of the molecule is COc1[nH]c(=O)ncc1CCCN. The van der Waals surface area contributed by atoms with Crippen LogP contribution in [0.3, 0.4) is 0 Å². The molecule has 5 heteroatoms. The Bertz CT molecular complexity index is 321. The molecule has 0 atom stereocenters. The van der Waals surface area contributed by atoms with Crippen LogP contribution in [-0.4, -0.2) is 23.6 Å². The van der Waals surface area contributed by atoms with Crippen LogP contribution in [0.15, 0.2) is 11.0 Å². The zero-order valence-electron chi connectivity index (χ0n) is 7.54. The van der Waals surface area contributed by atoms with Crippen LogP contribution in [0.25, 0.3) is 0 Å². The summed E-state index contributed by atoms with van der Waals surface area (Å²) in [6.45, 7) is 0.613. The first kappa shape index (κ1) is 9.73. The summed E-state index contributed by atoms with van der Waals surface area (Å²) < 4.78 is 4.99. The smallest absolute Gasteiger partial charge is 0.347 e. The van der Waals surface area contributed by atoms with Gasteiger partial charge in [0.25, 0.3) is 0 Å². The molecule has 1 aromatic rings. The lowest BCUT2D eigenvalue weighted by Gasteiger charge is -2.05. The van der Waals surface area contributed by atoms with Gasteiger partial charge in [-0.15, -0.1) is 0 Å². The summed E-state index contributed by atoms with van der Waals surface area (Å²) in [5, 5.41) is 0. The second-order valence-corrected chi connectivity index (χ2v) is 2.64. The monoisotopic (exact) mass is 183 g/mol. The summed E-state index contributed by atoms with van der Waals surface area (Å²) >= 11 is 0. The predicted molar refractivity (Wildman–Crippen MR) is 48.8 cm³/mol. The molecule has 0 saturated heterocycles.